The van der Waals surface area contributed by atoms with Gasteiger partial charge in [-0.3, -0.25) is 0 Å². The van der Waals surface area contributed by atoms with Gasteiger partial charge in [0.1, 0.15) is 0 Å². The molecule has 0 aliphatic rings. The highest BCUT2D eigenvalue weighted by molar-refractivity contribution is 4.95. The van der Waals surface area contributed by atoms with Crippen LogP contribution in [0.1, 0.15) is 0 Å². The van der Waals surface area contributed by atoms with E-state index in [2.05, 4.69) is 6.58 Å². The average Bonchev–Trinajstić information content (AvgIpc) is 1.65. The number of hydrogen-bond acceptors (Lipinski definition) is 2. The molecule has 0 rings (SSSR count). The third kappa shape index (κ3) is 1.50. The van der Waals surface area contributed by atoms with Gasteiger partial charge in [-0.2, -0.15) is 5.26 Å². The maximum absolute atomic E-state index is 8.19. The molecule has 0 heterocycles. The smallest absolute Gasteiger partial charge is 0.158 e. The van der Waals surface area contributed by atoms with E-state index in [0.29, 0.717) is 0 Å². The summed E-state index contributed by atoms with van der Waals surface area (Å²) in [4.78, 5) is 0. The first-order valence-corrected chi connectivity index (χ1v) is 1.51. The van der Waals surface area contributed by atoms with Crippen LogP contribution in [0.5, 0.6) is 0 Å². The molecule has 0 spiro atoms. The SMILES string of the molecule is C=C[C@H](O)C#N. The molecule has 0 aliphatic carbocycles. The van der Waals surface area contributed by atoms with Crippen LogP contribution < -0.4 is 0 Å². The van der Waals surface area contributed by atoms with E-state index in [1.54, 1.807) is 6.07 Å². The molecule has 0 radical (unpaired) electrons. The molecule has 0 bridgehead atoms. The molecule has 0 unspecified atom stereocenters. The van der Waals surface area contributed by atoms with E-state index < -0.39 is 6.10 Å². The van der Waals surface area contributed by atoms with Crippen molar-refractivity contribution in [3.8, 4) is 6.07 Å². The summed E-state index contributed by atoms with van der Waals surface area (Å²) in [5, 5.41) is 16.0. The maximum atomic E-state index is 8.19. The number of hydrogen-bond donors (Lipinski definition) is 1. The largest absolute Gasteiger partial charge is 0.374 e. The Hall–Kier alpha value is -0.810. The van der Waals surface area contributed by atoms with Crippen molar-refractivity contribution in [3.05, 3.63) is 12.7 Å². The highest BCUT2D eigenvalue weighted by Gasteiger charge is 1.85. The molecule has 2 heteroatoms. The second-order valence-electron chi connectivity index (χ2n) is 0.810. The zero-order valence-electron chi connectivity index (χ0n) is 3.26. The van der Waals surface area contributed by atoms with Gasteiger partial charge in [-0.05, 0) is 6.08 Å². The standard InChI is InChI=1S/C4H5NO/c1-2-4(6)3-5/h2,4,6H,1H2/t4-/m0/s1. The quantitative estimate of drug-likeness (QED) is 0.360. The number of rotatable bonds is 1. The Morgan fingerprint density at radius 1 is 2.00 bits per heavy atom. The zero-order valence-corrected chi connectivity index (χ0v) is 3.26. The summed E-state index contributed by atoms with van der Waals surface area (Å²) in [6.07, 6.45) is 0.171. The molecule has 0 saturated heterocycles. The molecule has 6 heavy (non-hydrogen) atoms. The van der Waals surface area contributed by atoms with Crippen molar-refractivity contribution in [2.24, 2.45) is 0 Å². The predicted octanol–water partition coefficient (Wildman–Crippen LogP) is 0.0569. The van der Waals surface area contributed by atoms with Crippen molar-refractivity contribution in [3.63, 3.8) is 0 Å². The zero-order chi connectivity index (χ0) is 4.99. The fourth-order valence-electron chi connectivity index (χ4n) is 0.0527. The van der Waals surface area contributed by atoms with Gasteiger partial charge < -0.3 is 5.11 Å². The van der Waals surface area contributed by atoms with E-state index in [9.17, 15) is 0 Å². The summed E-state index contributed by atoms with van der Waals surface area (Å²) >= 11 is 0. The minimum atomic E-state index is -0.995. The van der Waals surface area contributed by atoms with Crippen molar-refractivity contribution in [1.29, 1.82) is 5.26 Å². The highest BCUT2D eigenvalue weighted by atomic mass is 16.3. The summed E-state index contributed by atoms with van der Waals surface area (Å²) < 4.78 is 0. The maximum Gasteiger partial charge on any atom is 0.158 e. The summed E-state index contributed by atoms with van der Waals surface area (Å²) in [6.45, 7) is 3.16. The molecule has 0 aromatic rings. The molecular weight excluding hydrogens is 78.1 g/mol. The van der Waals surface area contributed by atoms with Gasteiger partial charge >= 0.3 is 0 Å². The van der Waals surface area contributed by atoms with Gasteiger partial charge in [0.25, 0.3) is 0 Å². The second-order valence-corrected chi connectivity index (χ2v) is 0.810. The van der Waals surface area contributed by atoms with Crippen LogP contribution in [0.2, 0.25) is 0 Å². The Labute approximate surface area is 36.3 Å². The third-order valence-corrected chi connectivity index (χ3v) is 0.356. The van der Waals surface area contributed by atoms with Gasteiger partial charge in [0.2, 0.25) is 0 Å². The predicted molar refractivity (Wildman–Crippen MR) is 21.8 cm³/mol. The van der Waals surface area contributed by atoms with Crippen LogP contribution in [0.3, 0.4) is 0 Å². The molecule has 1 atom stereocenters. The third-order valence-electron chi connectivity index (χ3n) is 0.356. The van der Waals surface area contributed by atoms with Crippen molar-refractivity contribution < 1.29 is 5.11 Å². The molecule has 2 nitrogen and oxygen atoms in total. The fourth-order valence-corrected chi connectivity index (χ4v) is 0.0527. The van der Waals surface area contributed by atoms with Gasteiger partial charge in [-0.25, -0.2) is 0 Å². The van der Waals surface area contributed by atoms with Gasteiger partial charge in [0, 0.05) is 0 Å². The number of aliphatic hydroxyl groups is 1. The van der Waals surface area contributed by atoms with Crippen LogP contribution in [0.15, 0.2) is 12.7 Å². The Morgan fingerprint density at radius 2 is 2.50 bits per heavy atom. The Morgan fingerprint density at radius 3 is 2.50 bits per heavy atom. The lowest BCUT2D eigenvalue weighted by Crippen LogP contribution is -1.93. The van der Waals surface area contributed by atoms with Crippen molar-refractivity contribution in [1.82, 2.24) is 0 Å². The van der Waals surface area contributed by atoms with Gasteiger partial charge in [-0.15, -0.1) is 0 Å². The first kappa shape index (κ1) is 5.19. The summed E-state index contributed by atoms with van der Waals surface area (Å²) in [5.41, 5.74) is 0. The van der Waals surface area contributed by atoms with Crippen LogP contribution in [0.25, 0.3) is 0 Å². The molecule has 32 valence electrons. The van der Waals surface area contributed by atoms with E-state index in [4.69, 9.17) is 10.4 Å². The van der Waals surface area contributed by atoms with Gasteiger partial charge in [0.05, 0.1) is 6.07 Å². The first-order valence-electron chi connectivity index (χ1n) is 1.51. The van der Waals surface area contributed by atoms with E-state index in [-0.39, 0.29) is 0 Å². The normalized spacial score (nSPS) is 12.0. The number of nitrogens with zero attached hydrogens (tertiary/aromatic N) is 1. The summed E-state index contributed by atoms with van der Waals surface area (Å²) in [7, 11) is 0. The lowest BCUT2D eigenvalue weighted by molar-refractivity contribution is 0.279. The fraction of sp³-hybridized carbons (Fsp3) is 0.250. The molecule has 0 aromatic heterocycles. The Bertz CT molecular complexity index is 82.0. The van der Waals surface area contributed by atoms with Crippen LogP contribution >= 0.6 is 0 Å². The summed E-state index contributed by atoms with van der Waals surface area (Å²) in [6, 6.07) is 1.55. The van der Waals surface area contributed by atoms with Crippen LogP contribution in [0.4, 0.5) is 0 Å². The van der Waals surface area contributed by atoms with Crippen LogP contribution in [-0.2, 0) is 0 Å². The molecular formula is C4H5NO. The highest BCUT2D eigenvalue weighted by Crippen LogP contribution is 1.74. The minimum Gasteiger partial charge on any atom is -0.374 e. The molecule has 0 aromatic carbocycles. The summed E-state index contributed by atoms with van der Waals surface area (Å²) in [5.74, 6) is 0. The van der Waals surface area contributed by atoms with E-state index >= 15 is 0 Å². The van der Waals surface area contributed by atoms with Crippen molar-refractivity contribution in [2.75, 3.05) is 0 Å². The average molecular weight is 83.1 g/mol. The molecule has 1 N–H and O–H groups in total. The van der Waals surface area contributed by atoms with Crippen molar-refractivity contribution in [2.45, 2.75) is 6.10 Å². The Balaban J connectivity index is 3.30. The minimum absolute atomic E-state index is 0.995. The lowest BCUT2D eigenvalue weighted by atomic mass is 10.4. The van der Waals surface area contributed by atoms with Crippen molar-refractivity contribution >= 4 is 0 Å². The van der Waals surface area contributed by atoms with E-state index in [1.807, 2.05) is 0 Å². The van der Waals surface area contributed by atoms with Gasteiger partial charge in [0.15, 0.2) is 6.10 Å². The van der Waals surface area contributed by atoms with E-state index in [0.717, 1.165) is 0 Å². The number of nitriles is 1. The molecule has 0 fully saturated rings. The number of aliphatic hydroxyl groups excluding tert-OH is 1. The molecule has 0 saturated carbocycles. The second kappa shape index (κ2) is 2.43. The van der Waals surface area contributed by atoms with E-state index in [1.165, 1.54) is 6.08 Å². The van der Waals surface area contributed by atoms with Gasteiger partial charge in [-0.1, -0.05) is 6.58 Å². The Kier molecular flexibility index (Phi) is 2.10. The molecule has 0 amide bonds. The lowest BCUT2D eigenvalue weighted by Gasteiger charge is -1.81. The topological polar surface area (TPSA) is 44.0 Å². The monoisotopic (exact) mass is 83.0 g/mol. The molecule has 0 aliphatic heterocycles. The van der Waals surface area contributed by atoms with Crippen LogP contribution in [0, 0.1) is 11.3 Å². The van der Waals surface area contributed by atoms with Crippen LogP contribution in [-0.4, -0.2) is 11.2 Å². The first-order chi connectivity index (χ1) is 2.81.